The molecule has 37 heavy (non-hydrogen) atoms. The minimum atomic E-state index is -8.08. The van der Waals surface area contributed by atoms with Crippen molar-refractivity contribution in [1.82, 2.24) is 0 Å². The minimum Gasteiger partial charge on any atom is -0.480 e. The highest BCUT2D eigenvalue weighted by atomic mass is 19.4. The molecule has 0 aliphatic heterocycles. The second-order valence-corrected chi connectivity index (χ2v) is 8.56. The van der Waals surface area contributed by atoms with Gasteiger partial charge < -0.3 is 10.2 Å². The Hall–Kier alpha value is -1.97. The van der Waals surface area contributed by atoms with Gasteiger partial charge in [0.2, 0.25) is 0 Å². The zero-order valence-electron chi connectivity index (χ0n) is 19.2. The molecule has 4 nitrogen and oxygen atoms in total. The number of rotatable bonds is 17. The van der Waals surface area contributed by atoms with Crippen LogP contribution in [0.5, 0.6) is 0 Å². The first kappa shape index (κ1) is 35.0. The van der Waals surface area contributed by atoms with Crippen LogP contribution in [-0.4, -0.2) is 57.9 Å². The molecule has 0 aliphatic carbocycles. The minimum absolute atomic E-state index is 0.148. The highest BCUT2D eigenvalue weighted by Gasteiger charge is 2.90. The number of halogens is 13. The number of alkyl halides is 13. The van der Waals surface area contributed by atoms with Gasteiger partial charge in [-0.3, -0.25) is 9.59 Å². The number of carboxylic acid groups (broad SMARTS) is 2. The van der Waals surface area contributed by atoms with Crippen LogP contribution in [0.15, 0.2) is 0 Å². The lowest BCUT2D eigenvalue weighted by molar-refractivity contribution is -0.440. The molecular weight excluding hydrogens is 551 g/mol. The monoisotopic (exact) mass is 576 g/mol. The van der Waals surface area contributed by atoms with Crippen molar-refractivity contribution < 1.29 is 76.9 Å². The van der Waals surface area contributed by atoms with Crippen molar-refractivity contribution in [2.75, 3.05) is 0 Å². The summed E-state index contributed by atoms with van der Waals surface area (Å²) in [4.78, 5) is 23.1. The van der Waals surface area contributed by atoms with Crippen LogP contribution in [0.2, 0.25) is 0 Å². The second-order valence-electron chi connectivity index (χ2n) is 8.56. The van der Waals surface area contributed by atoms with Crippen LogP contribution in [0.3, 0.4) is 0 Å². The quantitative estimate of drug-likeness (QED) is 0.105. The van der Waals surface area contributed by atoms with Crippen LogP contribution in [0.25, 0.3) is 0 Å². The Labute approximate surface area is 202 Å². The first-order chi connectivity index (χ1) is 16.4. The molecule has 0 saturated heterocycles. The molecule has 0 atom stereocenters. The zero-order chi connectivity index (χ0) is 29.7. The summed E-state index contributed by atoms with van der Waals surface area (Å²) in [5.41, 5.74) is -3.30. The number of aliphatic carboxylic acids is 2. The summed E-state index contributed by atoms with van der Waals surface area (Å²) in [6.07, 6.45) is -10.1. The molecule has 0 amide bonds. The average molecular weight is 576 g/mol. The molecule has 0 fully saturated rings. The van der Waals surface area contributed by atoms with Gasteiger partial charge in [0, 0.05) is 6.42 Å². The molecule has 0 bridgehead atoms. The lowest BCUT2D eigenvalue weighted by Crippen LogP contribution is -2.70. The van der Waals surface area contributed by atoms with Gasteiger partial charge in [0.05, 0.1) is 0 Å². The van der Waals surface area contributed by atoms with Gasteiger partial charge in [0.25, 0.3) is 0 Å². The number of carbonyl (C=O) groups is 2. The Bertz CT molecular complexity index is 765. The molecule has 0 aromatic carbocycles. The van der Waals surface area contributed by atoms with E-state index < -0.39 is 72.4 Å². The van der Waals surface area contributed by atoms with Crippen molar-refractivity contribution in [2.45, 2.75) is 107 Å². The third-order valence-corrected chi connectivity index (χ3v) is 5.89. The summed E-state index contributed by atoms with van der Waals surface area (Å²) in [7, 11) is 0. The topological polar surface area (TPSA) is 74.6 Å². The van der Waals surface area contributed by atoms with Crippen LogP contribution in [-0.2, 0) is 9.59 Å². The molecule has 0 aliphatic rings. The van der Waals surface area contributed by atoms with E-state index >= 15 is 0 Å². The van der Waals surface area contributed by atoms with Crippen LogP contribution in [0.4, 0.5) is 57.1 Å². The van der Waals surface area contributed by atoms with E-state index in [9.17, 15) is 76.9 Å². The normalized spacial score (nSPS) is 14.6. The van der Waals surface area contributed by atoms with E-state index in [2.05, 4.69) is 0 Å². The Balaban J connectivity index is 5.95. The molecular formula is C20H25F13O4. The summed E-state index contributed by atoms with van der Waals surface area (Å²) in [6.45, 7) is 1.90. The van der Waals surface area contributed by atoms with E-state index in [1.54, 1.807) is 0 Å². The van der Waals surface area contributed by atoms with Gasteiger partial charge in [-0.1, -0.05) is 51.9 Å². The highest BCUT2D eigenvalue weighted by molar-refractivity contribution is 5.98. The fraction of sp³-hybridized carbons (Fsp3) is 0.900. The fourth-order valence-corrected chi connectivity index (χ4v) is 3.36. The zero-order valence-corrected chi connectivity index (χ0v) is 19.2. The van der Waals surface area contributed by atoms with Crippen molar-refractivity contribution in [3.63, 3.8) is 0 Å². The molecule has 220 valence electrons. The van der Waals surface area contributed by atoms with Gasteiger partial charge in [0.1, 0.15) is 0 Å². The molecule has 0 aromatic rings. The Morgan fingerprint density at radius 3 is 1.27 bits per heavy atom. The predicted octanol–water partition coefficient (Wildman–Crippen LogP) is 7.80. The lowest BCUT2D eigenvalue weighted by atomic mass is 9.76. The Morgan fingerprint density at radius 1 is 0.514 bits per heavy atom. The van der Waals surface area contributed by atoms with Crippen molar-refractivity contribution in [3.8, 4) is 0 Å². The van der Waals surface area contributed by atoms with Gasteiger partial charge >= 0.3 is 47.7 Å². The summed E-state index contributed by atoms with van der Waals surface area (Å²) in [5, 5.41) is 18.5. The van der Waals surface area contributed by atoms with Gasteiger partial charge in [-0.25, -0.2) is 0 Å². The number of hydrogen-bond donors (Lipinski definition) is 2. The maximum Gasteiger partial charge on any atom is 0.460 e. The molecule has 0 saturated carbocycles. The molecule has 0 spiro atoms. The van der Waals surface area contributed by atoms with Crippen LogP contribution >= 0.6 is 0 Å². The highest BCUT2D eigenvalue weighted by Crippen LogP contribution is 2.61. The van der Waals surface area contributed by atoms with E-state index in [0.29, 0.717) is 12.8 Å². The van der Waals surface area contributed by atoms with E-state index in [1.165, 1.54) is 0 Å². The second kappa shape index (κ2) is 11.8. The van der Waals surface area contributed by atoms with E-state index in [1.807, 2.05) is 6.92 Å². The molecule has 2 N–H and O–H groups in total. The fourth-order valence-electron chi connectivity index (χ4n) is 3.36. The number of hydrogen-bond acceptors (Lipinski definition) is 2. The molecule has 0 rings (SSSR count). The third-order valence-electron chi connectivity index (χ3n) is 5.89. The van der Waals surface area contributed by atoms with Crippen molar-refractivity contribution >= 4 is 11.9 Å². The maximum atomic E-state index is 14.1. The molecule has 0 unspecified atom stereocenters. The number of carboxylic acids is 2. The van der Waals surface area contributed by atoms with Crippen molar-refractivity contribution in [3.05, 3.63) is 0 Å². The molecule has 0 radical (unpaired) electrons. The SMILES string of the molecule is CCCCCCCCCC(CCC(F)(F)C(F)(F)C(F)(F)C(F)(F)C(F)(F)C(F)(F)F)(C(=O)O)C(=O)O. The lowest BCUT2D eigenvalue weighted by Gasteiger charge is -2.40. The van der Waals surface area contributed by atoms with Gasteiger partial charge in [0.15, 0.2) is 5.41 Å². The smallest absolute Gasteiger partial charge is 0.460 e. The first-order valence-corrected chi connectivity index (χ1v) is 10.8. The van der Waals surface area contributed by atoms with Gasteiger partial charge in [-0.2, -0.15) is 57.1 Å². The summed E-state index contributed by atoms with van der Waals surface area (Å²) < 4.78 is 172. The maximum absolute atomic E-state index is 14.1. The summed E-state index contributed by atoms with van der Waals surface area (Å²) in [5.74, 6) is -42.9. The third kappa shape index (κ3) is 6.73. The summed E-state index contributed by atoms with van der Waals surface area (Å²) in [6, 6.07) is 0. The summed E-state index contributed by atoms with van der Waals surface area (Å²) >= 11 is 0. The van der Waals surface area contributed by atoms with Crippen LogP contribution in [0, 0.1) is 5.41 Å². The molecule has 0 heterocycles. The predicted molar refractivity (Wildman–Crippen MR) is 100 cm³/mol. The van der Waals surface area contributed by atoms with E-state index in [0.717, 1.165) is 19.3 Å². The van der Waals surface area contributed by atoms with Crippen molar-refractivity contribution in [1.29, 1.82) is 0 Å². The van der Waals surface area contributed by atoms with Gasteiger partial charge in [-0.15, -0.1) is 0 Å². The standard InChI is InChI=1S/C20H25F13O4/c1-2-3-4-5-6-7-8-9-14(12(34)35,13(36)37)10-11-15(21,22)16(23,24)17(25,26)18(27,28)19(29,30)20(31,32)33/h2-11H2,1H3,(H,34,35)(H,36,37). The van der Waals surface area contributed by atoms with E-state index in [-0.39, 0.29) is 12.8 Å². The van der Waals surface area contributed by atoms with Gasteiger partial charge in [-0.05, 0) is 12.8 Å². The van der Waals surface area contributed by atoms with Crippen LogP contribution < -0.4 is 0 Å². The van der Waals surface area contributed by atoms with Crippen molar-refractivity contribution in [2.24, 2.45) is 5.41 Å². The number of unbranched alkanes of at least 4 members (excludes halogenated alkanes) is 6. The van der Waals surface area contributed by atoms with E-state index in [4.69, 9.17) is 0 Å². The Kier molecular flexibility index (Phi) is 11.2. The molecule has 0 aromatic heterocycles. The first-order valence-electron chi connectivity index (χ1n) is 10.8. The largest absolute Gasteiger partial charge is 0.480 e. The van der Waals surface area contributed by atoms with Crippen LogP contribution in [0.1, 0.15) is 71.1 Å². The molecule has 17 heteroatoms. The average Bonchev–Trinajstić information content (AvgIpc) is 2.73. The Morgan fingerprint density at radius 2 is 0.892 bits per heavy atom.